The molecule has 3 heteroatoms. The summed E-state index contributed by atoms with van der Waals surface area (Å²) in [5.41, 5.74) is -0.496. The van der Waals surface area contributed by atoms with E-state index >= 15 is 0 Å². The lowest BCUT2D eigenvalue weighted by Crippen LogP contribution is -2.41. The standard InChI is InChI=1S/C14H26O3/c1-2-4-13-11-14(15,8-10-17-13)7-6-12-5-3-9-16-12/h12-13,15H,2-11H2,1H3. The van der Waals surface area contributed by atoms with E-state index in [2.05, 4.69) is 6.92 Å². The fourth-order valence-electron chi connectivity index (χ4n) is 3.04. The molecule has 100 valence electrons. The van der Waals surface area contributed by atoms with Crippen LogP contribution in [0.1, 0.15) is 58.3 Å². The Kier molecular flexibility index (Phi) is 4.83. The first-order valence-electron chi connectivity index (χ1n) is 7.17. The van der Waals surface area contributed by atoms with Gasteiger partial charge in [0.05, 0.1) is 17.8 Å². The molecular formula is C14H26O3. The van der Waals surface area contributed by atoms with Crippen molar-refractivity contribution in [2.45, 2.75) is 76.1 Å². The van der Waals surface area contributed by atoms with Crippen molar-refractivity contribution in [3.63, 3.8) is 0 Å². The summed E-state index contributed by atoms with van der Waals surface area (Å²) in [5.74, 6) is 0. The van der Waals surface area contributed by atoms with Gasteiger partial charge in [0.1, 0.15) is 0 Å². The van der Waals surface area contributed by atoms with E-state index in [0.29, 0.717) is 12.7 Å². The fraction of sp³-hybridized carbons (Fsp3) is 1.00. The summed E-state index contributed by atoms with van der Waals surface area (Å²) < 4.78 is 11.3. The summed E-state index contributed by atoms with van der Waals surface area (Å²) in [4.78, 5) is 0. The van der Waals surface area contributed by atoms with Crippen LogP contribution in [0.15, 0.2) is 0 Å². The van der Waals surface area contributed by atoms with E-state index in [0.717, 1.165) is 45.1 Å². The van der Waals surface area contributed by atoms with E-state index < -0.39 is 5.60 Å². The zero-order valence-corrected chi connectivity index (χ0v) is 11.0. The molecule has 3 unspecified atom stereocenters. The predicted octanol–water partition coefficient (Wildman–Crippen LogP) is 2.66. The first-order chi connectivity index (χ1) is 8.22. The summed E-state index contributed by atoms with van der Waals surface area (Å²) in [6, 6.07) is 0. The molecule has 2 saturated heterocycles. The van der Waals surface area contributed by atoms with E-state index in [9.17, 15) is 5.11 Å². The van der Waals surface area contributed by atoms with Crippen molar-refractivity contribution in [3.8, 4) is 0 Å². The summed E-state index contributed by atoms with van der Waals surface area (Å²) in [6.45, 7) is 3.79. The molecule has 0 spiro atoms. The minimum atomic E-state index is -0.496. The molecule has 17 heavy (non-hydrogen) atoms. The second kappa shape index (κ2) is 6.17. The minimum absolute atomic E-state index is 0.267. The molecular weight excluding hydrogens is 216 g/mol. The van der Waals surface area contributed by atoms with Gasteiger partial charge in [-0.3, -0.25) is 0 Å². The molecule has 0 bridgehead atoms. The van der Waals surface area contributed by atoms with E-state index in [1.54, 1.807) is 0 Å². The Morgan fingerprint density at radius 2 is 2.00 bits per heavy atom. The molecule has 0 amide bonds. The van der Waals surface area contributed by atoms with Gasteiger partial charge < -0.3 is 14.6 Å². The lowest BCUT2D eigenvalue weighted by molar-refractivity contribution is -0.112. The summed E-state index contributed by atoms with van der Waals surface area (Å²) >= 11 is 0. The van der Waals surface area contributed by atoms with Crippen molar-refractivity contribution >= 4 is 0 Å². The second-order valence-corrected chi connectivity index (χ2v) is 5.63. The quantitative estimate of drug-likeness (QED) is 0.805. The lowest BCUT2D eigenvalue weighted by Gasteiger charge is -2.37. The molecule has 2 aliphatic rings. The molecule has 0 radical (unpaired) electrons. The van der Waals surface area contributed by atoms with Crippen LogP contribution in [0, 0.1) is 0 Å². The topological polar surface area (TPSA) is 38.7 Å². The van der Waals surface area contributed by atoms with Gasteiger partial charge in [-0.05, 0) is 38.5 Å². The van der Waals surface area contributed by atoms with Crippen LogP contribution in [0.5, 0.6) is 0 Å². The van der Waals surface area contributed by atoms with Crippen LogP contribution < -0.4 is 0 Å². The van der Waals surface area contributed by atoms with Crippen LogP contribution in [0.3, 0.4) is 0 Å². The van der Waals surface area contributed by atoms with Crippen molar-refractivity contribution in [1.82, 2.24) is 0 Å². The van der Waals surface area contributed by atoms with Gasteiger partial charge in [0, 0.05) is 19.6 Å². The maximum atomic E-state index is 10.6. The average Bonchev–Trinajstić information content (AvgIpc) is 2.80. The molecule has 2 heterocycles. The van der Waals surface area contributed by atoms with Crippen molar-refractivity contribution in [2.75, 3.05) is 13.2 Å². The molecule has 2 aliphatic heterocycles. The molecule has 3 atom stereocenters. The third kappa shape index (κ3) is 3.94. The highest BCUT2D eigenvalue weighted by molar-refractivity contribution is 4.86. The first-order valence-corrected chi connectivity index (χ1v) is 7.17. The summed E-state index contributed by atoms with van der Waals surface area (Å²) in [6.07, 6.45) is 8.71. The molecule has 0 aromatic carbocycles. The highest BCUT2D eigenvalue weighted by atomic mass is 16.5. The first kappa shape index (κ1) is 13.3. The minimum Gasteiger partial charge on any atom is -0.390 e. The Morgan fingerprint density at radius 1 is 1.18 bits per heavy atom. The van der Waals surface area contributed by atoms with Crippen LogP contribution in [0.2, 0.25) is 0 Å². The molecule has 2 fully saturated rings. The number of aliphatic hydroxyl groups is 1. The van der Waals surface area contributed by atoms with Crippen LogP contribution in [-0.2, 0) is 9.47 Å². The van der Waals surface area contributed by atoms with Gasteiger partial charge in [-0.25, -0.2) is 0 Å². The zero-order valence-electron chi connectivity index (χ0n) is 11.0. The molecule has 0 saturated carbocycles. The van der Waals surface area contributed by atoms with Gasteiger partial charge in [-0.2, -0.15) is 0 Å². The largest absolute Gasteiger partial charge is 0.390 e. The van der Waals surface area contributed by atoms with Gasteiger partial charge in [-0.1, -0.05) is 13.3 Å². The van der Waals surface area contributed by atoms with Crippen molar-refractivity contribution in [1.29, 1.82) is 0 Å². The van der Waals surface area contributed by atoms with E-state index in [-0.39, 0.29) is 6.10 Å². The Balaban J connectivity index is 1.76. The summed E-state index contributed by atoms with van der Waals surface area (Å²) in [5, 5.41) is 10.6. The molecule has 3 nitrogen and oxygen atoms in total. The van der Waals surface area contributed by atoms with Crippen molar-refractivity contribution in [3.05, 3.63) is 0 Å². The van der Waals surface area contributed by atoms with Gasteiger partial charge in [0.25, 0.3) is 0 Å². The van der Waals surface area contributed by atoms with Gasteiger partial charge in [0.2, 0.25) is 0 Å². The third-order valence-corrected chi connectivity index (χ3v) is 4.09. The molecule has 0 aromatic heterocycles. The van der Waals surface area contributed by atoms with Crippen molar-refractivity contribution in [2.24, 2.45) is 0 Å². The van der Waals surface area contributed by atoms with Crippen molar-refractivity contribution < 1.29 is 14.6 Å². The highest BCUT2D eigenvalue weighted by Gasteiger charge is 2.35. The zero-order chi connectivity index (χ0) is 12.1. The molecule has 1 N–H and O–H groups in total. The van der Waals surface area contributed by atoms with E-state index in [1.165, 1.54) is 12.8 Å². The monoisotopic (exact) mass is 242 g/mol. The average molecular weight is 242 g/mol. The maximum Gasteiger partial charge on any atom is 0.0695 e. The van der Waals surface area contributed by atoms with Crippen LogP contribution >= 0.6 is 0 Å². The maximum absolute atomic E-state index is 10.6. The number of hydrogen-bond donors (Lipinski definition) is 1. The van der Waals surface area contributed by atoms with E-state index in [1.807, 2.05) is 0 Å². The van der Waals surface area contributed by atoms with Gasteiger partial charge >= 0.3 is 0 Å². The van der Waals surface area contributed by atoms with Crippen LogP contribution in [-0.4, -0.2) is 36.1 Å². The second-order valence-electron chi connectivity index (χ2n) is 5.63. The third-order valence-electron chi connectivity index (χ3n) is 4.09. The molecule has 0 aliphatic carbocycles. The van der Waals surface area contributed by atoms with Gasteiger partial charge in [0.15, 0.2) is 0 Å². The Bertz CT molecular complexity index is 224. The smallest absolute Gasteiger partial charge is 0.0695 e. The summed E-state index contributed by atoms with van der Waals surface area (Å²) in [7, 11) is 0. The SMILES string of the molecule is CCCC1CC(O)(CCC2CCCO2)CCO1. The number of ether oxygens (including phenoxy) is 2. The predicted molar refractivity (Wildman–Crippen MR) is 67.0 cm³/mol. The Morgan fingerprint density at radius 3 is 2.71 bits per heavy atom. The number of rotatable bonds is 5. The van der Waals surface area contributed by atoms with Crippen LogP contribution in [0.4, 0.5) is 0 Å². The van der Waals surface area contributed by atoms with E-state index in [4.69, 9.17) is 9.47 Å². The molecule has 0 aromatic rings. The Hall–Kier alpha value is -0.120. The molecule has 2 rings (SSSR count). The highest BCUT2D eigenvalue weighted by Crippen LogP contribution is 2.32. The fourth-order valence-corrected chi connectivity index (χ4v) is 3.04. The Labute approximate surface area is 104 Å². The normalized spacial score (nSPS) is 38.5. The number of hydrogen-bond acceptors (Lipinski definition) is 3. The van der Waals surface area contributed by atoms with Crippen LogP contribution in [0.25, 0.3) is 0 Å². The lowest BCUT2D eigenvalue weighted by atomic mass is 9.84. The van der Waals surface area contributed by atoms with Gasteiger partial charge in [-0.15, -0.1) is 0 Å².